The molecule has 0 spiro atoms. The van der Waals surface area contributed by atoms with Crippen molar-refractivity contribution in [1.82, 2.24) is 9.55 Å². The van der Waals surface area contributed by atoms with Crippen LogP contribution in [0, 0.1) is 0 Å². The van der Waals surface area contributed by atoms with Gasteiger partial charge in [-0.25, -0.2) is 4.98 Å². The van der Waals surface area contributed by atoms with Gasteiger partial charge in [0.2, 0.25) is 5.91 Å². The molecule has 0 aliphatic heterocycles. The van der Waals surface area contributed by atoms with E-state index in [9.17, 15) is 4.79 Å². The molecule has 0 aliphatic rings. The fourth-order valence-corrected chi connectivity index (χ4v) is 4.20. The van der Waals surface area contributed by atoms with Crippen molar-refractivity contribution in [2.45, 2.75) is 23.9 Å². The van der Waals surface area contributed by atoms with Gasteiger partial charge in [-0.15, -0.1) is 0 Å². The molecule has 0 saturated heterocycles. The van der Waals surface area contributed by atoms with Crippen LogP contribution < -0.4 is 5.73 Å². The molecule has 0 saturated carbocycles. The van der Waals surface area contributed by atoms with Gasteiger partial charge in [-0.1, -0.05) is 103 Å². The SMILES string of the molecule is C[C@@H](Sc1nc(-c2ccccc2)c(-c2ccccc2)n1Cc1ccccc1)C(N)=O. The van der Waals surface area contributed by atoms with Gasteiger partial charge in [0.25, 0.3) is 0 Å². The summed E-state index contributed by atoms with van der Waals surface area (Å²) < 4.78 is 2.19. The first-order chi connectivity index (χ1) is 14.6. The van der Waals surface area contributed by atoms with Crippen LogP contribution in [0.3, 0.4) is 0 Å². The van der Waals surface area contributed by atoms with Crippen molar-refractivity contribution < 1.29 is 4.79 Å². The fourth-order valence-electron chi connectivity index (χ4n) is 3.34. The van der Waals surface area contributed by atoms with Crippen LogP contribution in [-0.2, 0) is 11.3 Å². The highest BCUT2D eigenvalue weighted by Gasteiger charge is 2.23. The van der Waals surface area contributed by atoms with Crippen molar-refractivity contribution in [3.8, 4) is 22.5 Å². The van der Waals surface area contributed by atoms with E-state index in [0.717, 1.165) is 27.7 Å². The molecule has 1 amide bonds. The topological polar surface area (TPSA) is 60.9 Å². The Morgan fingerprint density at radius 1 is 0.900 bits per heavy atom. The number of benzene rings is 3. The number of carbonyl (C=O) groups excluding carboxylic acids is 1. The maximum Gasteiger partial charge on any atom is 0.230 e. The molecule has 3 aromatic carbocycles. The molecule has 4 aromatic rings. The van der Waals surface area contributed by atoms with Crippen molar-refractivity contribution in [2.75, 3.05) is 0 Å². The number of thioether (sulfide) groups is 1. The highest BCUT2D eigenvalue weighted by Crippen LogP contribution is 2.37. The lowest BCUT2D eigenvalue weighted by atomic mass is 10.0. The van der Waals surface area contributed by atoms with E-state index in [2.05, 4.69) is 41.0 Å². The number of imidazole rings is 1. The second-order valence-corrected chi connectivity index (χ2v) is 8.37. The molecule has 1 heterocycles. The number of primary amides is 1. The van der Waals surface area contributed by atoms with Crippen LogP contribution >= 0.6 is 11.8 Å². The summed E-state index contributed by atoms with van der Waals surface area (Å²) >= 11 is 1.40. The van der Waals surface area contributed by atoms with E-state index in [-0.39, 0.29) is 11.2 Å². The quantitative estimate of drug-likeness (QED) is 0.422. The number of nitrogens with two attached hydrogens (primary N) is 1. The van der Waals surface area contributed by atoms with E-state index < -0.39 is 0 Å². The average Bonchev–Trinajstić information content (AvgIpc) is 3.13. The van der Waals surface area contributed by atoms with Gasteiger partial charge in [0, 0.05) is 11.1 Å². The summed E-state index contributed by atoms with van der Waals surface area (Å²) in [6.45, 7) is 2.47. The van der Waals surface area contributed by atoms with E-state index in [1.807, 2.05) is 61.5 Å². The first-order valence-electron chi connectivity index (χ1n) is 9.84. The lowest BCUT2D eigenvalue weighted by Gasteiger charge is -2.14. The number of hydrogen-bond acceptors (Lipinski definition) is 3. The second kappa shape index (κ2) is 9.01. The number of aromatic nitrogens is 2. The summed E-state index contributed by atoms with van der Waals surface area (Å²) in [5, 5.41) is 0.400. The molecule has 0 bridgehead atoms. The summed E-state index contributed by atoms with van der Waals surface area (Å²) in [6.07, 6.45) is 0. The minimum Gasteiger partial charge on any atom is -0.369 e. The van der Waals surface area contributed by atoms with E-state index in [1.54, 1.807) is 0 Å². The second-order valence-electron chi connectivity index (χ2n) is 7.06. The van der Waals surface area contributed by atoms with Crippen LogP contribution in [-0.4, -0.2) is 20.7 Å². The Morgan fingerprint density at radius 2 is 1.43 bits per heavy atom. The summed E-state index contributed by atoms with van der Waals surface area (Å²) in [5.74, 6) is -0.350. The number of nitrogens with zero attached hydrogens (tertiary/aromatic N) is 2. The molecule has 150 valence electrons. The summed E-state index contributed by atoms with van der Waals surface area (Å²) in [4.78, 5) is 16.8. The third-order valence-corrected chi connectivity index (χ3v) is 6.00. The molecule has 5 heteroatoms. The van der Waals surface area contributed by atoms with Crippen LogP contribution in [0.1, 0.15) is 12.5 Å². The zero-order valence-electron chi connectivity index (χ0n) is 16.7. The van der Waals surface area contributed by atoms with E-state index >= 15 is 0 Å². The molecule has 0 fully saturated rings. The van der Waals surface area contributed by atoms with Crippen molar-refractivity contribution in [3.05, 3.63) is 96.6 Å². The van der Waals surface area contributed by atoms with Gasteiger partial charge in [0.15, 0.2) is 5.16 Å². The highest BCUT2D eigenvalue weighted by molar-refractivity contribution is 8.00. The minimum atomic E-state index is -0.380. The Morgan fingerprint density at radius 3 is 2.00 bits per heavy atom. The first kappa shape index (κ1) is 20.0. The minimum absolute atomic E-state index is 0.350. The Bertz CT molecular complexity index is 1130. The van der Waals surface area contributed by atoms with Crippen LogP contribution in [0.25, 0.3) is 22.5 Å². The van der Waals surface area contributed by atoms with Crippen molar-refractivity contribution in [1.29, 1.82) is 0 Å². The summed E-state index contributed by atoms with van der Waals surface area (Å²) in [7, 11) is 0. The maximum atomic E-state index is 11.8. The van der Waals surface area contributed by atoms with Crippen LogP contribution in [0.15, 0.2) is 96.2 Å². The van der Waals surface area contributed by atoms with E-state index in [4.69, 9.17) is 10.7 Å². The predicted molar refractivity (Wildman–Crippen MR) is 123 cm³/mol. The molecule has 4 rings (SSSR count). The lowest BCUT2D eigenvalue weighted by molar-refractivity contribution is -0.117. The van der Waals surface area contributed by atoms with Gasteiger partial charge in [-0.3, -0.25) is 4.79 Å². The molecule has 0 radical (unpaired) electrons. The number of hydrogen-bond donors (Lipinski definition) is 1. The summed E-state index contributed by atoms with van der Waals surface area (Å²) in [5.41, 5.74) is 10.8. The Hall–Kier alpha value is -3.31. The Labute approximate surface area is 180 Å². The van der Waals surface area contributed by atoms with Crippen LogP contribution in [0.4, 0.5) is 0 Å². The van der Waals surface area contributed by atoms with Gasteiger partial charge in [-0.05, 0) is 12.5 Å². The standard InChI is InChI=1S/C25H23N3OS/c1-18(24(26)29)30-25-27-22(20-13-7-3-8-14-20)23(21-15-9-4-10-16-21)28(25)17-19-11-5-2-6-12-19/h2-16,18H,17H2,1H3,(H2,26,29)/t18-/m1/s1. The van der Waals surface area contributed by atoms with Crippen molar-refractivity contribution in [3.63, 3.8) is 0 Å². The lowest BCUT2D eigenvalue weighted by Crippen LogP contribution is -2.23. The smallest absolute Gasteiger partial charge is 0.230 e. The Kier molecular flexibility index (Phi) is 6.00. The zero-order valence-corrected chi connectivity index (χ0v) is 17.5. The molecule has 2 N–H and O–H groups in total. The predicted octanol–water partition coefficient (Wildman–Crippen LogP) is 5.23. The molecular formula is C25H23N3OS. The van der Waals surface area contributed by atoms with Gasteiger partial charge in [0.05, 0.1) is 23.2 Å². The highest BCUT2D eigenvalue weighted by atomic mass is 32.2. The number of amides is 1. The largest absolute Gasteiger partial charge is 0.369 e. The first-order valence-corrected chi connectivity index (χ1v) is 10.7. The van der Waals surface area contributed by atoms with Gasteiger partial charge >= 0.3 is 0 Å². The van der Waals surface area contributed by atoms with Crippen LogP contribution in [0.5, 0.6) is 0 Å². The Balaban J connectivity index is 1.93. The van der Waals surface area contributed by atoms with Gasteiger partial charge in [-0.2, -0.15) is 0 Å². The molecule has 30 heavy (non-hydrogen) atoms. The summed E-state index contributed by atoms with van der Waals surface area (Å²) in [6, 6.07) is 30.7. The third-order valence-electron chi connectivity index (χ3n) is 4.89. The van der Waals surface area contributed by atoms with Crippen molar-refractivity contribution >= 4 is 17.7 Å². The van der Waals surface area contributed by atoms with Gasteiger partial charge in [0.1, 0.15) is 0 Å². The molecule has 1 aromatic heterocycles. The molecule has 0 unspecified atom stereocenters. The monoisotopic (exact) mass is 413 g/mol. The zero-order chi connectivity index (χ0) is 20.9. The third kappa shape index (κ3) is 4.31. The van der Waals surface area contributed by atoms with Crippen molar-refractivity contribution in [2.24, 2.45) is 5.73 Å². The number of rotatable bonds is 7. The maximum absolute atomic E-state index is 11.8. The molecule has 1 atom stereocenters. The molecule has 4 nitrogen and oxygen atoms in total. The normalized spacial score (nSPS) is 11.9. The van der Waals surface area contributed by atoms with E-state index in [0.29, 0.717) is 6.54 Å². The average molecular weight is 414 g/mol. The molecule has 0 aliphatic carbocycles. The number of carbonyl (C=O) groups is 1. The fraction of sp³-hybridized carbons (Fsp3) is 0.120. The van der Waals surface area contributed by atoms with E-state index in [1.165, 1.54) is 17.3 Å². The van der Waals surface area contributed by atoms with Crippen LogP contribution in [0.2, 0.25) is 0 Å². The van der Waals surface area contributed by atoms with Gasteiger partial charge < -0.3 is 10.3 Å². The molecular weight excluding hydrogens is 390 g/mol.